The van der Waals surface area contributed by atoms with Gasteiger partial charge in [0, 0.05) is 11.8 Å². The van der Waals surface area contributed by atoms with E-state index in [1.165, 1.54) is 6.07 Å². The lowest BCUT2D eigenvalue weighted by atomic mass is 9.96. The van der Waals surface area contributed by atoms with Crippen LogP contribution in [0.3, 0.4) is 0 Å². The van der Waals surface area contributed by atoms with Crippen molar-refractivity contribution in [1.29, 1.82) is 0 Å². The Bertz CT molecular complexity index is 442. The number of aliphatic imine (C=N–C) groups is 1. The second-order valence-corrected chi connectivity index (χ2v) is 3.62. The van der Waals surface area contributed by atoms with Gasteiger partial charge in [0.25, 0.3) is 0 Å². The van der Waals surface area contributed by atoms with Crippen molar-refractivity contribution in [3.63, 3.8) is 0 Å². The van der Waals surface area contributed by atoms with E-state index in [4.69, 9.17) is 11.6 Å². The van der Waals surface area contributed by atoms with Gasteiger partial charge in [0.1, 0.15) is 5.82 Å². The van der Waals surface area contributed by atoms with Crippen molar-refractivity contribution in [3.05, 3.63) is 28.5 Å². The lowest BCUT2D eigenvalue weighted by Gasteiger charge is -2.13. The van der Waals surface area contributed by atoms with Gasteiger partial charge in [0.2, 0.25) is 0 Å². The number of benzene rings is 1. The highest BCUT2D eigenvalue weighted by molar-refractivity contribution is 6.31. The minimum absolute atomic E-state index is 0.0109. The zero-order valence-corrected chi connectivity index (χ0v) is 8.18. The van der Waals surface area contributed by atoms with Gasteiger partial charge >= 0.3 is 0 Å². The summed E-state index contributed by atoms with van der Waals surface area (Å²) < 4.78 is 13.1. The molecule has 1 heterocycles. The molecule has 1 aliphatic rings. The van der Waals surface area contributed by atoms with Crippen LogP contribution in [0.1, 0.15) is 17.3 Å². The summed E-state index contributed by atoms with van der Waals surface area (Å²) in [6.45, 7) is 1.72. The standard InChI is InChI=1S/C10H7ClFNO/c1-5-4-13-9-3-7(11)8(12)2-6(9)10(5)14/h2-5H,1H3. The molecule has 0 spiro atoms. The Hall–Kier alpha value is -1.22. The zero-order chi connectivity index (χ0) is 10.3. The van der Waals surface area contributed by atoms with Gasteiger partial charge in [-0.25, -0.2) is 4.39 Å². The average molecular weight is 212 g/mol. The number of hydrogen-bond donors (Lipinski definition) is 0. The Morgan fingerprint density at radius 2 is 2.21 bits per heavy atom. The van der Waals surface area contributed by atoms with E-state index < -0.39 is 5.82 Å². The summed E-state index contributed by atoms with van der Waals surface area (Å²) in [5.74, 6) is -0.989. The van der Waals surface area contributed by atoms with Gasteiger partial charge in [-0.15, -0.1) is 0 Å². The van der Waals surface area contributed by atoms with Gasteiger partial charge in [0.05, 0.1) is 16.6 Å². The number of hydrogen-bond acceptors (Lipinski definition) is 2. The molecule has 1 unspecified atom stereocenters. The molecular formula is C10H7ClFNO. The van der Waals surface area contributed by atoms with Crippen LogP contribution >= 0.6 is 11.6 Å². The summed E-state index contributed by atoms with van der Waals surface area (Å²) in [5.41, 5.74) is 0.751. The molecule has 14 heavy (non-hydrogen) atoms. The van der Waals surface area contributed by atoms with Gasteiger partial charge in [-0.2, -0.15) is 0 Å². The van der Waals surface area contributed by atoms with Crippen LogP contribution in [0, 0.1) is 11.7 Å². The van der Waals surface area contributed by atoms with Gasteiger partial charge in [0.15, 0.2) is 5.78 Å². The van der Waals surface area contributed by atoms with E-state index in [2.05, 4.69) is 4.99 Å². The maximum Gasteiger partial charge on any atom is 0.173 e. The van der Waals surface area contributed by atoms with E-state index in [-0.39, 0.29) is 16.7 Å². The molecule has 1 aromatic rings. The van der Waals surface area contributed by atoms with E-state index in [1.807, 2.05) is 0 Å². The lowest BCUT2D eigenvalue weighted by Crippen LogP contribution is -2.16. The van der Waals surface area contributed by atoms with Crippen molar-refractivity contribution in [2.45, 2.75) is 6.92 Å². The number of ketones is 1. The van der Waals surface area contributed by atoms with E-state index in [0.717, 1.165) is 6.07 Å². The number of nitrogens with zero attached hydrogens (tertiary/aromatic N) is 1. The number of carbonyl (C=O) groups is 1. The Balaban J connectivity index is 2.64. The Kier molecular flexibility index (Phi) is 2.11. The van der Waals surface area contributed by atoms with Crippen LogP contribution in [-0.4, -0.2) is 12.0 Å². The third kappa shape index (κ3) is 1.34. The SMILES string of the molecule is CC1C=Nc2cc(Cl)c(F)cc2C1=O. The van der Waals surface area contributed by atoms with Crippen molar-refractivity contribution in [2.75, 3.05) is 0 Å². The van der Waals surface area contributed by atoms with Crippen molar-refractivity contribution >= 4 is 29.3 Å². The zero-order valence-electron chi connectivity index (χ0n) is 7.42. The van der Waals surface area contributed by atoms with Crippen LogP contribution in [0.25, 0.3) is 0 Å². The minimum atomic E-state index is -0.580. The van der Waals surface area contributed by atoms with Crippen LogP contribution in [0.15, 0.2) is 17.1 Å². The maximum absolute atomic E-state index is 13.1. The monoisotopic (exact) mass is 211 g/mol. The van der Waals surface area contributed by atoms with Crippen molar-refractivity contribution in [3.8, 4) is 0 Å². The van der Waals surface area contributed by atoms with Gasteiger partial charge in [-0.1, -0.05) is 18.5 Å². The highest BCUT2D eigenvalue weighted by Crippen LogP contribution is 2.30. The predicted octanol–water partition coefficient (Wildman–Crippen LogP) is 3.01. The molecule has 0 saturated carbocycles. The third-order valence-corrected chi connectivity index (χ3v) is 2.44. The molecule has 0 bridgehead atoms. The fraction of sp³-hybridized carbons (Fsp3) is 0.200. The summed E-state index contributed by atoms with van der Waals surface area (Å²) in [6, 6.07) is 2.51. The van der Waals surface area contributed by atoms with Crippen LogP contribution in [0.2, 0.25) is 5.02 Å². The second-order valence-electron chi connectivity index (χ2n) is 3.21. The first-order chi connectivity index (χ1) is 6.59. The van der Waals surface area contributed by atoms with Gasteiger partial charge in [-0.05, 0) is 12.1 Å². The molecule has 0 saturated heterocycles. The molecule has 2 nitrogen and oxygen atoms in total. The molecule has 0 N–H and O–H groups in total. The van der Waals surface area contributed by atoms with E-state index in [1.54, 1.807) is 13.1 Å². The van der Waals surface area contributed by atoms with E-state index in [9.17, 15) is 9.18 Å². The topological polar surface area (TPSA) is 29.4 Å². The Morgan fingerprint density at radius 1 is 1.50 bits per heavy atom. The number of carbonyl (C=O) groups excluding carboxylic acids is 1. The minimum Gasteiger partial charge on any atom is -0.293 e. The quantitative estimate of drug-likeness (QED) is 0.649. The summed E-state index contributed by atoms with van der Waals surface area (Å²) in [7, 11) is 0. The molecule has 0 aromatic heterocycles. The molecule has 0 radical (unpaired) electrons. The van der Waals surface area contributed by atoms with Gasteiger partial charge in [-0.3, -0.25) is 9.79 Å². The first kappa shape index (κ1) is 9.34. The van der Waals surface area contributed by atoms with Crippen molar-refractivity contribution < 1.29 is 9.18 Å². The number of fused-ring (bicyclic) bond motifs is 1. The smallest absolute Gasteiger partial charge is 0.173 e. The van der Waals surface area contributed by atoms with Crippen molar-refractivity contribution in [1.82, 2.24) is 0 Å². The molecule has 1 atom stereocenters. The fourth-order valence-electron chi connectivity index (χ4n) is 1.35. The van der Waals surface area contributed by atoms with Crippen LogP contribution in [0.4, 0.5) is 10.1 Å². The molecule has 2 rings (SSSR count). The average Bonchev–Trinajstić information content (AvgIpc) is 2.15. The maximum atomic E-state index is 13.1. The summed E-state index contributed by atoms with van der Waals surface area (Å²) in [4.78, 5) is 15.6. The first-order valence-electron chi connectivity index (χ1n) is 4.17. The molecule has 0 amide bonds. The molecular weight excluding hydrogens is 205 g/mol. The van der Waals surface area contributed by atoms with Gasteiger partial charge < -0.3 is 0 Å². The first-order valence-corrected chi connectivity index (χ1v) is 4.55. The summed E-state index contributed by atoms with van der Waals surface area (Å²) >= 11 is 5.57. The molecule has 1 aromatic carbocycles. The normalized spacial score (nSPS) is 19.6. The predicted molar refractivity (Wildman–Crippen MR) is 53.1 cm³/mol. The van der Waals surface area contributed by atoms with Crippen LogP contribution in [-0.2, 0) is 0 Å². The molecule has 4 heteroatoms. The van der Waals surface area contributed by atoms with Crippen molar-refractivity contribution in [2.24, 2.45) is 10.9 Å². The molecule has 1 aliphatic heterocycles. The Morgan fingerprint density at radius 3 is 2.93 bits per heavy atom. The van der Waals surface area contributed by atoms with E-state index in [0.29, 0.717) is 11.3 Å². The summed E-state index contributed by atoms with van der Waals surface area (Å²) in [6.07, 6.45) is 1.54. The molecule has 0 fully saturated rings. The Labute approximate surface area is 85.4 Å². The van der Waals surface area contributed by atoms with E-state index >= 15 is 0 Å². The third-order valence-electron chi connectivity index (χ3n) is 2.15. The van der Waals surface area contributed by atoms with Crippen LogP contribution < -0.4 is 0 Å². The number of rotatable bonds is 0. The van der Waals surface area contributed by atoms with Crippen LogP contribution in [0.5, 0.6) is 0 Å². The molecule has 72 valence electrons. The number of halogens is 2. The summed E-state index contributed by atoms with van der Waals surface area (Å²) in [5, 5.41) is -0.0109. The molecule has 0 aliphatic carbocycles. The highest BCUT2D eigenvalue weighted by atomic mass is 35.5. The lowest BCUT2D eigenvalue weighted by molar-refractivity contribution is 0.0962. The highest BCUT2D eigenvalue weighted by Gasteiger charge is 2.22. The largest absolute Gasteiger partial charge is 0.293 e. The number of Topliss-reactive ketones (excluding diaryl/α,β-unsaturated/α-hetero) is 1. The fourth-order valence-corrected chi connectivity index (χ4v) is 1.50. The second kappa shape index (κ2) is 3.17.